The van der Waals surface area contributed by atoms with Gasteiger partial charge < -0.3 is 20.0 Å². The van der Waals surface area contributed by atoms with E-state index in [1.54, 1.807) is 54.6 Å². The number of aliphatic imine (C=N–C) groups is 1. The quantitative estimate of drug-likeness (QED) is 0.778. The predicted molar refractivity (Wildman–Crippen MR) is 104 cm³/mol. The molecule has 1 saturated heterocycles. The van der Waals surface area contributed by atoms with Crippen LogP contribution in [0.2, 0.25) is 5.02 Å². The first-order valence-electron chi connectivity index (χ1n) is 7.93. The highest BCUT2D eigenvalue weighted by molar-refractivity contribution is 8.18. The van der Waals surface area contributed by atoms with Gasteiger partial charge in [0, 0.05) is 5.02 Å². The van der Waals surface area contributed by atoms with Crippen LogP contribution in [0.15, 0.2) is 58.4 Å². The van der Waals surface area contributed by atoms with Crippen molar-refractivity contribution in [1.29, 1.82) is 0 Å². The summed E-state index contributed by atoms with van der Waals surface area (Å²) in [4.78, 5) is 27.7. The van der Waals surface area contributed by atoms with Gasteiger partial charge in [0.25, 0.3) is 5.91 Å². The van der Waals surface area contributed by atoms with Gasteiger partial charge in [0.1, 0.15) is 11.9 Å². The van der Waals surface area contributed by atoms with Gasteiger partial charge in [-0.15, -0.1) is 0 Å². The summed E-state index contributed by atoms with van der Waals surface area (Å²) in [7, 11) is 0. The molecule has 138 valence electrons. The fourth-order valence-corrected chi connectivity index (χ4v) is 3.22. The average Bonchev–Trinajstić information content (AvgIpc) is 2.95. The highest BCUT2D eigenvalue weighted by Gasteiger charge is 2.23. The van der Waals surface area contributed by atoms with Crippen LogP contribution >= 0.6 is 23.4 Å². The first-order valence-corrected chi connectivity index (χ1v) is 9.13. The standard InChI is InChI=1S/C19H15ClN2O4S/c1-11(18(24)25)26-15-7-5-12(6-8-15)9-16-17(23)22-19(27-16)21-14-4-2-3-13(20)10-14/h2-11H,1H3,(H,24,25)(H,21,22,23)/p-1/b16-9+/t11-/m0/s1. The third-order valence-corrected chi connectivity index (χ3v) is 4.66. The lowest BCUT2D eigenvalue weighted by Crippen LogP contribution is -2.37. The summed E-state index contributed by atoms with van der Waals surface area (Å²) in [5, 5.41) is 14.4. The number of hydrogen-bond donors (Lipinski definition) is 1. The van der Waals surface area contributed by atoms with Crippen molar-refractivity contribution in [2.45, 2.75) is 13.0 Å². The van der Waals surface area contributed by atoms with E-state index in [0.29, 0.717) is 26.5 Å². The number of nitrogens with zero attached hydrogens (tertiary/aromatic N) is 1. The fraction of sp³-hybridized carbons (Fsp3) is 0.105. The predicted octanol–water partition coefficient (Wildman–Crippen LogP) is 2.75. The Morgan fingerprint density at radius 2 is 2.04 bits per heavy atom. The van der Waals surface area contributed by atoms with E-state index in [1.807, 2.05) is 0 Å². The van der Waals surface area contributed by atoms with Crippen molar-refractivity contribution in [1.82, 2.24) is 5.32 Å². The Morgan fingerprint density at radius 1 is 1.30 bits per heavy atom. The fourth-order valence-electron chi connectivity index (χ4n) is 2.19. The van der Waals surface area contributed by atoms with Gasteiger partial charge in [0.05, 0.1) is 16.6 Å². The van der Waals surface area contributed by atoms with Crippen LogP contribution in [0.25, 0.3) is 6.08 Å². The summed E-state index contributed by atoms with van der Waals surface area (Å²) in [5.74, 6) is -1.13. The summed E-state index contributed by atoms with van der Waals surface area (Å²) in [6, 6.07) is 13.7. The van der Waals surface area contributed by atoms with Crippen molar-refractivity contribution >= 4 is 52.2 Å². The minimum absolute atomic E-state index is 0.244. The molecule has 1 heterocycles. The molecule has 6 nitrogen and oxygen atoms in total. The number of carboxylic acids is 1. The maximum Gasteiger partial charge on any atom is 0.264 e. The Labute approximate surface area is 164 Å². The largest absolute Gasteiger partial charge is 0.546 e. The van der Waals surface area contributed by atoms with Crippen molar-refractivity contribution in [3.05, 3.63) is 64.0 Å². The summed E-state index contributed by atoms with van der Waals surface area (Å²) >= 11 is 7.16. The van der Waals surface area contributed by atoms with E-state index in [2.05, 4.69) is 10.3 Å². The number of nitrogens with one attached hydrogen (secondary N) is 1. The van der Waals surface area contributed by atoms with Crippen molar-refractivity contribution in [2.75, 3.05) is 0 Å². The maximum atomic E-state index is 12.1. The highest BCUT2D eigenvalue weighted by Crippen LogP contribution is 2.29. The summed E-state index contributed by atoms with van der Waals surface area (Å²) in [6.07, 6.45) is 0.669. The number of ether oxygens (including phenoxy) is 1. The van der Waals surface area contributed by atoms with Crippen molar-refractivity contribution in [3.63, 3.8) is 0 Å². The van der Waals surface area contributed by atoms with Gasteiger partial charge in [-0.2, -0.15) is 0 Å². The number of aliphatic carboxylic acids is 1. The van der Waals surface area contributed by atoms with Crippen LogP contribution in [-0.2, 0) is 9.59 Å². The first-order chi connectivity index (χ1) is 12.9. The summed E-state index contributed by atoms with van der Waals surface area (Å²) in [6.45, 7) is 1.39. The van der Waals surface area contributed by atoms with Gasteiger partial charge in [-0.1, -0.05) is 29.8 Å². The molecule has 1 N–H and O–H groups in total. The first kappa shape index (κ1) is 19.0. The van der Waals surface area contributed by atoms with Gasteiger partial charge in [-0.25, -0.2) is 4.99 Å². The van der Waals surface area contributed by atoms with Crippen LogP contribution < -0.4 is 15.2 Å². The molecule has 0 aromatic heterocycles. The molecule has 1 atom stereocenters. The molecule has 0 spiro atoms. The molecule has 1 aliphatic rings. The van der Waals surface area contributed by atoms with E-state index in [9.17, 15) is 14.7 Å². The lowest BCUT2D eigenvalue weighted by molar-refractivity contribution is -0.312. The topological polar surface area (TPSA) is 90.8 Å². The third-order valence-electron chi connectivity index (χ3n) is 3.51. The number of thioether (sulfide) groups is 1. The van der Waals surface area contributed by atoms with Gasteiger partial charge >= 0.3 is 0 Å². The molecule has 1 aliphatic heterocycles. The van der Waals surface area contributed by atoms with E-state index >= 15 is 0 Å². The Morgan fingerprint density at radius 3 is 2.70 bits per heavy atom. The van der Waals surface area contributed by atoms with Crippen molar-refractivity contribution in [3.8, 4) is 5.75 Å². The SMILES string of the molecule is C[C@H](Oc1ccc(/C=C2/SC(=Nc3cccc(Cl)c3)NC2=O)cc1)C(=O)[O-]. The molecule has 1 amide bonds. The molecule has 0 aliphatic carbocycles. The second kappa shape index (κ2) is 8.28. The van der Waals surface area contributed by atoms with Crippen LogP contribution in [0, 0.1) is 0 Å². The molecular weight excluding hydrogens is 388 g/mol. The smallest absolute Gasteiger partial charge is 0.264 e. The number of hydrogen-bond acceptors (Lipinski definition) is 6. The minimum atomic E-state index is -1.29. The molecule has 3 rings (SSSR count). The Kier molecular flexibility index (Phi) is 5.83. The van der Waals surface area contributed by atoms with E-state index in [1.165, 1.54) is 18.7 Å². The van der Waals surface area contributed by atoms with Crippen molar-refractivity contribution < 1.29 is 19.4 Å². The Hall–Kier alpha value is -2.77. The van der Waals surface area contributed by atoms with Crippen LogP contribution in [0.5, 0.6) is 5.75 Å². The van der Waals surface area contributed by atoms with Crippen LogP contribution in [0.4, 0.5) is 5.69 Å². The zero-order valence-electron chi connectivity index (χ0n) is 14.1. The van der Waals surface area contributed by atoms with E-state index < -0.39 is 12.1 Å². The summed E-state index contributed by atoms with van der Waals surface area (Å²) < 4.78 is 5.22. The molecule has 0 radical (unpaired) electrons. The zero-order valence-corrected chi connectivity index (χ0v) is 15.7. The van der Waals surface area contributed by atoms with Gasteiger partial charge in [0.15, 0.2) is 5.17 Å². The summed E-state index contributed by atoms with van der Waals surface area (Å²) in [5.41, 5.74) is 1.42. The van der Waals surface area contributed by atoms with Gasteiger partial charge in [0.2, 0.25) is 0 Å². The zero-order chi connectivity index (χ0) is 19.4. The maximum absolute atomic E-state index is 12.1. The van der Waals surface area contributed by atoms with Gasteiger partial charge in [-0.3, -0.25) is 4.79 Å². The van der Waals surface area contributed by atoms with Crippen LogP contribution in [0.3, 0.4) is 0 Å². The molecular formula is C19H14ClN2O4S-. The molecule has 27 heavy (non-hydrogen) atoms. The molecule has 0 bridgehead atoms. The normalized spacial score (nSPS) is 17.8. The Bertz CT molecular complexity index is 941. The van der Waals surface area contributed by atoms with Crippen LogP contribution in [0.1, 0.15) is 12.5 Å². The van der Waals surface area contributed by atoms with Crippen molar-refractivity contribution in [2.24, 2.45) is 4.99 Å². The van der Waals surface area contributed by atoms with E-state index in [-0.39, 0.29) is 5.91 Å². The highest BCUT2D eigenvalue weighted by atomic mass is 35.5. The average molecular weight is 402 g/mol. The number of amidine groups is 1. The molecule has 0 saturated carbocycles. The monoisotopic (exact) mass is 401 g/mol. The van der Waals surface area contributed by atoms with E-state index in [4.69, 9.17) is 16.3 Å². The number of carbonyl (C=O) groups excluding carboxylic acids is 2. The lowest BCUT2D eigenvalue weighted by Gasteiger charge is -2.15. The number of rotatable bonds is 5. The third kappa shape index (κ3) is 5.12. The Balaban J connectivity index is 1.72. The second-order valence-corrected chi connectivity index (χ2v) is 7.08. The number of amides is 1. The van der Waals surface area contributed by atoms with Gasteiger partial charge in [-0.05, 0) is 60.7 Å². The lowest BCUT2D eigenvalue weighted by atomic mass is 10.2. The number of benzene rings is 2. The molecule has 1 fully saturated rings. The minimum Gasteiger partial charge on any atom is -0.546 e. The number of carbonyl (C=O) groups is 2. The molecule has 2 aromatic carbocycles. The second-order valence-electron chi connectivity index (χ2n) is 5.61. The molecule has 0 unspecified atom stereocenters. The number of halogens is 1. The van der Waals surface area contributed by atoms with Crippen LogP contribution in [-0.4, -0.2) is 23.1 Å². The molecule has 2 aromatic rings. The van der Waals surface area contributed by atoms with E-state index in [0.717, 1.165) is 5.56 Å². The number of carboxylic acid groups (broad SMARTS) is 1. The molecule has 8 heteroatoms.